The van der Waals surface area contributed by atoms with E-state index in [1.165, 1.54) is 12.1 Å². The van der Waals surface area contributed by atoms with Crippen molar-refractivity contribution in [1.82, 2.24) is 14.5 Å². The fourth-order valence-electron chi connectivity index (χ4n) is 4.61. The Morgan fingerprint density at radius 2 is 1.85 bits per heavy atom. The Bertz CT molecular complexity index is 824. The van der Waals surface area contributed by atoms with Gasteiger partial charge in [0.05, 0.1) is 23.9 Å². The molecule has 0 bridgehead atoms. The SMILES string of the molecule is CC1(C)CC1(C(=O)N1CCC(O)(Cn2ccnc2)CC1)c1ccc(F)cc1. The van der Waals surface area contributed by atoms with Gasteiger partial charge in [-0.05, 0) is 42.4 Å². The number of halogens is 1. The highest BCUT2D eigenvalue weighted by Crippen LogP contribution is 2.65. The van der Waals surface area contributed by atoms with Gasteiger partial charge in [0.15, 0.2) is 0 Å². The van der Waals surface area contributed by atoms with E-state index in [0.717, 1.165) is 12.0 Å². The molecule has 0 spiro atoms. The molecule has 1 atom stereocenters. The lowest BCUT2D eigenvalue weighted by Gasteiger charge is -2.40. The van der Waals surface area contributed by atoms with E-state index in [1.807, 2.05) is 15.7 Å². The maximum atomic E-state index is 13.4. The first-order chi connectivity index (χ1) is 12.8. The van der Waals surface area contributed by atoms with E-state index >= 15 is 0 Å². The van der Waals surface area contributed by atoms with Crippen LogP contribution in [0.1, 0.15) is 38.7 Å². The number of benzene rings is 1. The molecule has 1 aliphatic carbocycles. The standard InChI is InChI=1S/C21H26FN3O2/c1-19(2)13-21(19,16-3-5-17(22)6-4-16)18(26)25-10-7-20(27,8-11-25)14-24-12-9-23-15-24/h3-6,9,12,15,27H,7-8,10-11,13-14H2,1-2H3. The van der Waals surface area contributed by atoms with Gasteiger partial charge in [0.25, 0.3) is 0 Å². The molecule has 1 aromatic heterocycles. The van der Waals surface area contributed by atoms with Crippen LogP contribution >= 0.6 is 0 Å². The van der Waals surface area contributed by atoms with Gasteiger partial charge < -0.3 is 14.6 Å². The van der Waals surface area contributed by atoms with E-state index in [-0.39, 0.29) is 17.1 Å². The number of aliphatic hydroxyl groups is 1. The van der Waals surface area contributed by atoms with Gasteiger partial charge in [-0.1, -0.05) is 26.0 Å². The third kappa shape index (κ3) is 3.06. The minimum Gasteiger partial charge on any atom is -0.388 e. The molecule has 6 heteroatoms. The van der Waals surface area contributed by atoms with E-state index in [9.17, 15) is 14.3 Å². The Morgan fingerprint density at radius 1 is 1.22 bits per heavy atom. The summed E-state index contributed by atoms with van der Waals surface area (Å²) in [5, 5.41) is 10.9. The van der Waals surface area contributed by atoms with Crippen LogP contribution in [0.5, 0.6) is 0 Å². The number of likely N-dealkylation sites (tertiary alicyclic amines) is 1. The lowest BCUT2D eigenvalue weighted by atomic mass is 9.84. The fourth-order valence-corrected chi connectivity index (χ4v) is 4.61. The van der Waals surface area contributed by atoms with Crippen molar-refractivity contribution in [2.24, 2.45) is 5.41 Å². The van der Waals surface area contributed by atoms with Crippen LogP contribution in [0.25, 0.3) is 0 Å². The van der Waals surface area contributed by atoms with Crippen LogP contribution in [-0.2, 0) is 16.8 Å². The van der Waals surface area contributed by atoms with Gasteiger partial charge in [0.2, 0.25) is 5.91 Å². The van der Waals surface area contributed by atoms with Gasteiger partial charge in [-0.15, -0.1) is 0 Å². The van der Waals surface area contributed by atoms with E-state index < -0.39 is 11.0 Å². The second-order valence-electron chi connectivity index (χ2n) is 8.72. The minimum absolute atomic E-state index is 0.101. The summed E-state index contributed by atoms with van der Waals surface area (Å²) in [6.07, 6.45) is 7.08. The summed E-state index contributed by atoms with van der Waals surface area (Å²) in [6.45, 7) is 5.73. The van der Waals surface area contributed by atoms with E-state index in [2.05, 4.69) is 18.8 Å². The largest absolute Gasteiger partial charge is 0.388 e. The highest BCUT2D eigenvalue weighted by Gasteiger charge is 2.68. The summed E-state index contributed by atoms with van der Waals surface area (Å²) >= 11 is 0. The van der Waals surface area contributed by atoms with Crippen molar-refractivity contribution >= 4 is 5.91 Å². The average molecular weight is 371 g/mol. The highest BCUT2D eigenvalue weighted by atomic mass is 19.1. The molecular weight excluding hydrogens is 345 g/mol. The fraction of sp³-hybridized carbons (Fsp3) is 0.524. The molecule has 4 rings (SSSR count). The van der Waals surface area contributed by atoms with Crippen LogP contribution in [-0.4, -0.2) is 44.2 Å². The van der Waals surface area contributed by atoms with Crippen LogP contribution < -0.4 is 0 Å². The van der Waals surface area contributed by atoms with Gasteiger partial charge in [-0.2, -0.15) is 0 Å². The Kier molecular flexibility index (Phi) is 4.14. The zero-order valence-electron chi connectivity index (χ0n) is 15.9. The molecule has 2 heterocycles. The first kappa shape index (κ1) is 18.2. The molecule has 1 unspecified atom stereocenters. The van der Waals surface area contributed by atoms with Crippen molar-refractivity contribution in [3.8, 4) is 0 Å². The zero-order valence-corrected chi connectivity index (χ0v) is 15.9. The van der Waals surface area contributed by atoms with E-state index in [4.69, 9.17) is 0 Å². The molecule has 1 saturated heterocycles. The Labute approximate surface area is 158 Å². The third-order valence-corrected chi connectivity index (χ3v) is 6.46. The number of hydrogen-bond donors (Lipinski definition) is 1. The van der Waals surface area contributed by atoms with Gasteiger partial charge in [0, 0.05) is 25.5 Å². The quantitative estimate of drug-likeness (QED) is 0.899. The average Bonchev–Trinajstić information content (AvgIpc) is 2.94. The number of carbonyl (C=O) groups is 1. The number of imidazole rings is 1. The first-order valence-corrected chi connectivity index (χ1v) is 9.49. The molecule has 0 radical (unpaired) electrons. The van der Waals surface area contributed by atoms with Crippen molar-refractivity contribution < 1.29 is 14.3 Å². The second kappa shape index (κ2) is 6.16. The number of rotatable bonds is 4. The van der Waals surface area contributed by atoms with Crippen LogP contribution in [0.4, 0.5) is 4.39 Å². The van der Waals surface area contributed by atoms with E-state index in [0.29, 0.717) is 32.5 Å². The molecule has 1 amide bonds. The molecule has 5 nitrogen and oxygen atoms in total. The molecule has 2 fully saturated rings. The number of aromatic nitrogens is 2. The lowest BCUT2D eigenvalue weighted by molar-refractivity contribution is -0.139. The van der Waals surface area contributed by atoms with Crippen molar-refractivity contribution in [1.29, 1.82) is 0 Å². The normalized spacial score (nSPS) is 26.0. The number of hydrogen-bond acceptors (Lipinski definition) is 3. The number of amides is 1. The molecule has 2 aromatic rings. The van der Waals surface area contributed by atoms with E-state index in [1.54, 1.807) is 24.7 Å². The third-order valence-electron chi connectivity index (χ3n) is 6.46. The van der Waals surface area contributed by atoms with Crippen LogP contribution in [0.15, 0.2) is 43.0 Å². The van der Waals surface area contributed by atoms with Gasteiger partial charge in [0.1, 0.15) is 5.82 Å². The van der Waals surface area contributed by atoms with Crippen molar-refractivity contribution in [3.05, 3.63) is 54.4 Å². The van der Waals surface area contributed by atoms with Crippen LogP contribution in [0, 0.1) is 11.2 Å². The predicted molar refractivity (Wildman–Crippen MR) is 99.5 cm³/mol. The minimum atomic E-state index is -0.820. The van der Waals surface area contributed by atoms with Crippen molar-refractivity contribution in [3.63, 3.8) is 0 Å². The summed E-state index contributed by atoms with van der Waals surface area (Å²) < 4.78 is 15.2. The Hall–Kier alpha value is -2.21. The summed E-state index contributed by atoms with van der Waals surface area (Å²) in [5.74, 6) is -0.189. The smallest absolute Gasteiger partial charge is 0.233 e. The molecule has 27 heavy (non-hydrogen) atoms. The maximum Gasteiger partial charge on any atom is 0.233 e. The highest BCUT2D eigenvalue weighted by molar-refractivity contribution is 5.93. The maximum absolute atomic E-state index is 13.4. The summed E-state index contributed by atoms with van der Waals surface area (Å²) in [6, 6.07) is 6.33. The Morgan fingerprint density at radius 3 is 2.37 bits per heavy atom. The van der Waals surface area contributed by atoms with Crippen LogP contribution in [0.2, 0.25) is 0 Å². The number of nitrogens with zero attached hydrogens (tertiary/aromatic N) is 3. The Balaban J connectivity index is 1.49. The summed E-state index contributed by atoms with van der Waals surface area (Å²) in [4.78, 5) is 19.3. The monoisotopic (exact) mass is 371 g/mol. The molecule has 2 aliphatic rings. The number of carbonyl (C=O) groups excluding carboxylic acids is 1. The van der Waals surface area contributed by atoms with Crippen LogP contribution in [0.3, 0.4) is 0 Å². The van der Waals surface area contributed by atoms with Crippen molar-refractivity contribution in [2.45, 2.75) is 50.7 Å². The molecule has 1 aliphatic heterocycles. The molecule has 144 valence electrons. The predicted octanol–water partition coefficient (Wildman–Crippen LogP) is 2.74. The van der Waals surface area contributed by atoms with Gasteiger partial charge in [-0.25, -0.2) is 9.37 Å². The van der Waals surface area contributed by atoms with Gasteiger partial charge in [-0.3, -0.25) is 4.79 Å². The summed E-state index contributed by atoms with van der Waals surface area (Å²) in [7, 11) is 0. The second-order valence-corrected chi connectivity index (χ2v) is 8.72. The van der Waals surface area contributed by atoms with Gasteiger partial charge >= 0.3 is 0 Å². The molecule has 1 saturated carbocycles. The number of piperidine rings is 1. The lowest BCUT2D eigenvalue weighted by Crippen LogP contribution is -2.51. The molecule has 1 aromatic carbocycles. The first-order valence-electron chi connectivity index (χ1n) is 9.49. The van der Waals surface area contributed by atoms with Crippen molar-refractivity contribution in [2.75, 3.05) is 13.1 Å². The zero-order chi connectivity index (χ0) is 19.3. The summed E-state index contributed by atoms with van der Waals surface area (Å²) in [5.41, 5.74) is -0.662. The molecular formula is C21H26FN3O2. The molecule has 1 N–H and O–H groups in total. The topological polar surface area (TPSA) is 58.4 Å².